The van der Waals surface area contributed by atoms with Gasteiger partial charge in [0.2, 0.25) is 5.91 Å². The number of amides is 1. The smallest absolute Gasteiger partial charge is 0.307 e. The van der Waals surface area contributed by atoms with Crippen LogP contribution in [0.15, 0.2) is 22.7 Å². The summed E-state index contributed by atoms with van der Waals surface area (Å²) in [4.78, 5) is 22.5. The molecular weight excluding hydrogens is 291 g/mol. The Labute approximate surface area is 125 Å². The first-order valence-corrected chi connectivity index (χ1v) is 6.58. The van der Waals surface area contributed by atoms with Crippen molar-refractivity contribution in [3.8, 4) is 0 Å². The highest BCUT2D eigenvalue weighted by Crippen LogP contribution is 2.17. The second kappa shape index (κ2) is 6.38. The molecule has 0 unspecified atom stereocenters. The normalized spacial score (nSPS) is 10.5. The van der Waals surface area contributed by atoms with E-state index in [4.69, 9.17) is 9.63 Å². The van der Waals surface area contributed by atoms with E-state index in [9.17, 15) is 14.0 Å². The Morgan fingerprint density at radius 3 is 2.59 bits per heavy atom. The maximum absolute atomic E-state index is 13.7. The molecule has 0 saturated carbocycles. The molecule has 2 N–H and O–H groups in total. The van der Waals surface area contributed by atoms with Crippen LogP contribution in [0.2, 0.25) is 0 Å². The molecule has 0 saturated heterocycles. The molecule has 0 atom stereocenters. The van der Waals surface area contributed by atoms with E-state index < -0.39 is 18.2 Å². The number of halogens is 1. The van der Waals surface area contributed by atoms with E-state index in [-0.39, 0.29) is 23.6 Å². The zero-order valence-electron chi connectivity index (χ0n) is 12.1. The van der Waals surface area contributed by atoms with Crippen molar-refractivity contribution >= 4 is 17.6 Å². The summed E-state index contributed by atoms with van der Waals surface area (Å²) >= 11 is 0. The summed E-state index contributed by atoms with van der Waals surface area (Å²) in [5, 5.41) is 15.0. The molecule has 0 bridgehead atoms. The SMILES string of the molecule is Cc1noc(C)c1CC(=O)Nc1ccc(CC(=O)O)c(F)c1. The molecule has 0 fully saturated rings. The number of benzene rings is 1. The topological polar surface area (TPSA) is 92.4 Å². The average molecular weight is 306 g/mol. The number of rotatable bonds is 5. The van der Waals surface area contributed by atoms with E-state index >= 15 is 0 Å². The minimum atomic E-state index is -1.12. The largest absolute Gasteiger partial charge is 0.481 e. The molecule has 0 spiro atoms. The Morgan fingerprint density at radius 1 is 1.32 bits per heavy atom. The number of aliphatic carboxylic acids is 1. The second-order valence-electron chi connectivity index (χ2n) is 4.90. The van der Waals surface area contributed by atoms with E-state index in [1.807, 2.05) is 0 Å². The van der Waals surface area contributed by atoms with Crippen molar-refractivity contribution in [1.82, 2.24) is 5.16 Å². The van der Waals surface area contributed by atoms with Gasteiger partial charge in [-0.3, -0.25) is 9.59 Å². The fourth-order valence-electron chi connectivity index (χ4n) is 2.05. The molecule has 0 aliphatic rings. The molecule has 116 valence electrons. The molecule has 1 aromatic carbocycles. The molecule has 1 aromatic heterocycles. The first-order valence-electron chi connectivity index (χ1n) is 6.58. The summed E-state index contributed by atoms with van der Waals surface area (Å²) in [6.07, 6.45) is -0.335. The van der Waals surface area contributed by atoms with Crippen molar-refractivity contribution in [3.05, 3.63) is 46.6 Å². The van der Waals surface area contributed by atoms with Gasteiger partial charge in [0.1, 0.15) is 11.6 Å². The first kappa shape index (κ1) is 15.7. The van der Waals surface area contributed by atoms with Gasteiger partial charge in [0, 0.05) is 11.3 Å². The number of anilines is 1. The number of aryl methyl sites for hydroxylation is 2. The maximum Gasteiger partial charge on any atom is 0.307 e. The number of aromatic nitrogens is 1. The number of nitrogens with zero attached hydrogens (tertiary/aromatic N) is 1. The highest BCUT2D eigenvalue weighted by Gasteiger charge is 2.14. The van der Waals surface area contributed by atoms with Gasteiger partial charge < -0.3 is 14.9 Å². The Hall–Kier alpha value is -2.70. The molecule has 6 nitrogen and oxygen atoms in total. The third kappa shape index (κ3) is 3.69. The van der Waals surface area contributed by atoms with Crippen LogP contribution in [-0.2, 0) is 22.4 Å². The van der Waals surface area contributed by atoms with Crippen LogP contribution in [0.3, 0.4) is 0 Å². The van der Waals surface area contributed by atoms with Crippen LogP contribution in [-0.4, -0.2) is 22.1 Å². The third-order valence-electron chi connectivity index (χ3n) is 3.20. The monoisotopic (exact) mass is 306 g/mol. The van der Waals surface area contributed by atoms with Gasteiger partial charge in [-0.25, -0.2) is 4.39 Å². The third-order valence-corrected chi connectivity index (χ3v) is 3.20. The Kier molecular flexibility index (Phi) is 4.55. The number of nitrogens with one attached hydrogen (secondary N) is 1. The number of carboxylic acid groups (broad SMARTS) is 1. The Morgan fingerprint density at radius 2 is 2.05 bits per heavy atom. The van der Waals surface area contributed by atoms with E-state index in [1.165, 1.54) is 12.1 Å². The molecule has 22 heavy (non-hydrogen) atoms. The Bertz CT molecular complexity index is 705. The summed E-state index contributed by atoms with van der Waals surface area (Å²) in [5.74, 6) is -1.55. The zero-order chi connectivity index (χ0) is 16.3. The van der Waals surface area contributed by atoms with Gasteiger partial charge in [0.05, 0.1) is 18.5 Å². The standard InChI is InChI=1S/C15H15FN2O4/c1-8-12(9(2)22-18-8)7-14(19)17-11-4-3-10(5-15(20)21)13(16)6-11/h3-4,6H,5,7H2,1-2H3,(H,17,19)(H,20,21). The summed E-state index contributed by atoms with van der Waals surface area (Å²) in [6.45, 7) is 3.45. The molecule has 1 amide bonds. The number of hydrogen-bond acceptors (Lipinski definition) is 4. The van der Waals surface area contributed by atoms with Gasteiger partial charge >= 0.3 is 5.97 Å². The van der Waals surface area contributed by atoms with E-state index in [2.05, 4.69) is 10.5 Å². The summed E-state index contributed by atoms with van der Waals surface area (Å²) in [6, 6.07) is 3.91. The summed E-state index contributed by atoms with van der Waals surface area (Å²) < 4.78 is 18.7. The molecule has 2 rings (SSSR count). The van der Waals surface area contributed by atoms with Crippen molar-refractivity contribution < 1.29 is 23.6 Å². The molecule has 7 heteroatoms. The predicted molar refractivity (Wildman–Crippen MR) is 76.1 cm³/mol. The molecular formula is C15H15FN2O4. The lowest BCUT2D eigenvalue weighted by molar-refractivity contribution is -0.136. The lowest BCUT2D eigenvalue weighted by Crippen LogP contribution is -2.15. The van der Waals surface area contributed by atoms with E-state index in [1.54, 1.807) is 13.8 Å². The minimum Gasteiger partial charge on any atom is -0.481 e. The quantitative estimate of drug-likeness (QED) is 0.883. The van der Waals surface area contributed by atoms with Crippen LogP contribution < -0.4 is 5.32 Å². The van der Waals surface area contributed by atoms with Crippen LogP contribution in [0.5, 0.6) is 0 Å². The van der Waals surface area contributed by atoms with Gasteiger partial charge in [0.25, 0.3) is 0 Å². The van der Waals surface area contributed by atoms with E-state index in [0.717, 1.165) is 6.07 Å². The van der Waals surface area contributed by atoms with Crippen LogP contribution >= 0.6 is 0 Å². The summed E-state index contributed by atoms with van der Waals surface area (Å²) in [7, 11) is 0. The minimum absolute atomic E-state index is 0.0659. The van der Waals surface area contributed by atoms with Crippen molar-refractivity contribution in [1.29, 1.82) is 0 Å². The van der Waals surface area contributed by atoms with Gasteiger partial charge in [0.15, 0.2) is 0 Å². The average Bonchev–Trinajstić information content (AvgIpc) is 2.73. The number of carbonyl (C=O) groups is 2. The van der Waals surface area contributed by atoms with Crippen LogP contribution in [0.25, 0.3) is 0 Å². The van der Waals surface area contributed by atoms with Crippen LogP contribution in [0.4, 0.5) is 10.1 Å². The van der Waals surface area contributed by atoms with Gasteiger partial charge in [-0.1, -0.05) is 11.2 Å². The Balaban J connectivity index is 2.06. The van der Waals surface area contributed by atoms with Gasteiger partial charge in [-0.15, -0.1) is 0 Å². The summed E-state index contributed by atoms with van der Waals surface area (Å²) in [5.41, 5.74) is 1.66. The predicted octanol–water partition coefficient (Wildman–Crippen LogP) is 2.24. The fraction of sp³-hybridized carbons (Fsp3) is 0.267. The first-order chi connectivity index (χ1) is 10.4. The molecule has 0 aliphatic heterocycles. The van der Waals surface area contributed by atoms with Crippen molar-refractivity contribution in [2.45, 2.75) is 26.7 Å². The number of carboxylic acids is 1. The molecule has 0 aliphatic carbocycles. The number of hydrogen-bond donors (Lipinski definition) is 2. The van der Waals surface area contributed by atoms with Crippen molar-refractivity contribution in [2.24, 2.45) is 0 Å². The van der Waals surface area contributed by atoms with Crippen LogP contribution in [0, 0.1) is 19.7 Å². The zero-order valence-corrected chi connectivity index (χ0v) is 12.1. The molecule has 0 radical (unpaired) electrons. The van der Waals surface area contributed by atoms with Gasteiger partial charge in [-0.2, -0.15) is 0 Å². The number of carbonyl (C=O) groups excluding carboxylic acids is 1. The lowest BCUT2D eigenvalue weighted by atomic mass is 10.1. The van der Waals surface area contributed by atoms with Crippen molar-refractivity contribution in [3.63, 3.8) is 0 Å². The van der Waals surface area contributed by atoms with Crippen molar-refractivity contribution in [2.75, 3.05) is 5.32 Å². The second-order valence-corrected chi connectivity index (χ2v) is 4.90. The highest BCUT2D eigenvalue weighted by atomic mass is 19.1. The van der Waals surface area contributed by atoms with Gasteiger partial charge in [-0.05, 0) is 31.5 Å². The van der Waals surface area contributed by atoms with E-state index in [0.29, 0.717) is 17.0 Å². The fourth-order valence-corrected chi connectivity index (χ4v) is 2.05. The molecule has 1 heterocycles. The van der Waals surface area contributed by atoms with Crippen LogP contribution in [0.1, 0.15) is 22.6 Å². The molecule has 2 aromatic rings. The lowest BCUT2D eigenvalue weighted by Gasteiger charge is -2.07. The highest BCUT2D eigenvalue weighted by molar-refractivity contribution is 5.92. The maximum atomic E-state index is 13.7.